The van der Waals surface area contributed by atoms with Crippen LogP contribution in [-0.4, -0.2) is 44.3 Å². The molecule has 0 atom stereocenters. The largest absolute Gasteiger partial charge is 0.481 e. The number of unbranched alkanes of at least 4 members (excludes halogenated alkanes) is 1. The summed E-state index contributed by atoms with van der Waals surface area (Å²) in [6.07, 6.45) is 0.425. The number of carboxylic acids is 4. The van der Waals surface area contributed by atoms with Crippen molar-refractivity contribution in [1.29, 1.82) is 0 Å². The molecule has 0 saturated carbocycles. The molecule has 19 heavy (non-hydrogen) atoms. The van der Waals surface area contributed by atoms with E-state index in [4.69, 9.17) is 20.4 Å². The molecule has 0 aromatic carbocycles. The summed E-state index contributed by atoms with van der Waals surface area (Å²) in [7, 11) is 0. The molecule has 0 aliphatic rings. The van der Waals surface area contributed by atoms with Crippen LogP contribution in [0.15, 0.2) is 0 Å². The van der Waals surface area contributed by atoms with Crippen LogP contribution >= 0.6 is 0 Å². The van der Waals surface area contributed by atoms with E-state index in [9.17, 15) is 19.2 Å². The molecule has 4 N–H and O–H groups in total. The van der Waals surface area contributed by atoms with Gasteiger partial charge < -0.3 is 20.4 Å². The van der Waals surface area contributed by atoms with E-state index in [0.717, 1.165) is 0 Å². The summed E-state index contributed by atoms with van der Waals surface area (Å²) in [4.78, 5) is 39.1. The zero-order valence-corrected chi connectivity index (χ0v) is 10.9. The van der Waals surface area contributed by atoms with Crippen LogP contribution < -0.4 is 0 Å². The van der Waals surface area contributed by atoms with E-state index in [1.54, 1.807) is 0 Å². The molecule has 0 saturated heterocycles. The molecule has 0 rings (SSSR count). The third-order valence-electron chi connectivity index (χ3n) is 1.58. The maximum atomic E-state index is 9.90. The molecule has 0 amide bonds. The van der Waals surface area contributed by atoms with Crippen molar-refractivity contribution >= 4 is 23.9 Å². The Kier molecular flexibility index (Phi) is 17.2. The Bertz CT molecular complexity index is 272. The molecule has 0 aromatic heterocycles. The van der Waals surface area contributed by atoms with Gasteiger partial charge in [-0.2, -0.15) is 0 Å². The van der Waals surface area contributed by atoms with Crippen LogP contribution in [0.1, 0.15) is 38.5 Å². The first-order valence-electron chi connectivity index (χ1n) is 5.13. The average molecular weight is 328 g/mol. The summed E-state index contributed by atoms with van der Waals surface area (Å²) in [6.45, 7) is 0. The quantitative estimate of drug-likeness (QED) is 0.375. The molecule has 8 nitrogen and oxygen atoms in total. The second kappa shape index (κ2) is 14.5. The van der Waals surface area contributed by atoms with Gasteiger partial charge in [-0.1, -0.05) is 0 Å². The van der Waals surface area contributed by atoms with E-state index in [2.05, 4.69) is 0 Å². The van der Waals surface area contributed by atoms with Crippen molar-refractivity contribution in [3.63, 3.8) is 0 Å². The van der Waals surface area contributed by atoms with Crippen LogP contribution in [0.2, 0.25) is 0 Å². The van der Waals surface area contributed by atoms with Gasteiger partial charge in [0.25, 0.3) is 0 Å². The van der Waals surface area contributed by atoms with Gasteiger partial charge in [0.15, 0.2) is 0 Å². The molecule has 9 heteroatoms. The van der Waals surface area contributed by atoms with E-state index in [1.807, 2.05) is 0 Å². The Balaban J connectivity index is -0.000000262. The van der Waals surface area contributed by atoms with E-state index < -0.39 is 23.9 Å². The maximum Gasteiger partial charge on any atom is 0.303 e. The molecule has 0 fully saturated rings. The predicted octanol–water partition coefficient (Wildman–Crippen LogP) is 0.649. The second-order valence-corrected chi connectivity index (χ2v) is 3.28. The molecule has 0 bridgehead atoms. The van der Waals surface area contributed by atoms with Crippen molar-refractivity contribution in [2.45, 2.75) is 38.5 Å². The van der Waals surface area contributed by atoms with Gasteiger partial charge in [0.1, 0.15) is 0 Å². The smallest absolute Gasteiger partial charge is 0.303 e. The number of carbonyl (C=O) groups is 4. The minimum Gasteiger partial charge on any atom is -0.481 e. The van der Waals surface area contributed by atoms with Crippen LogP contribution in [0, 0.1) is 0 Å². The molecule has 0 aromatic rings. The molecule has 0 aliphatic heterocycles. The Morgan fingerprint density at radius 1 is 0.526 bits per heavy atom. The van der Waals surface area contributed by atoms with E-state index in [1.165, 1.54) is 0 Å². The number of hydrogen-bond acceptors (Lipinski definition) is 4. The van der Waals surface area contributed by atoms with Gasteiger partial charge in [-0.15, -0.1) is 0 Å². The monoisotopic (exact) mass is 327 g/mol. The average Bonchev–Trinajstić information content (AvgIpc) is 2.22. The van der Waals surface area contributed by atoms with Crippen LogP contribution in [-0.2, 0) is 36.2 Å². The molecule has 115 valence electrons. The first kappa shape index (κ1) is 22.6. The van der Waals surface area contributed by atoms with Gasteiger partial charge in [0.2, 0.25) is 0 Å². The van der Waals surface area contributed by atoms with E-state index in [-0.39, 0.29) is 42.8 Å². The Morgan fingerprint density at radius 3 is 0.895 bits per heavy atom. The van der Waals surface area contributed by atoms with Crippen molar-refractivity contribution in [2.24, 2.45) is 0 Å². The second-order valence-electron chi connectivity index (χ2n) is 3.28. The number of carboxylic acid groups (broad SMARTS) is 4. The van der Waals surface area contributed by atoms with Crippen molar-refractivity contribution in [3.8, 4) is 0 Å². The fourth-order valence-corrected chi connectivity index (χ4v) is 0.766. The molecular weight excluding hydrogens is 312 g/mol. The zero-order valence-electron chi connectivity index (χ0n) is 9.97. The van der Waals surface area contributed by atoms with Gasteiger partial charge >= 0.3 is 23.9 Å². The van der Waals surface area contributed by atoms with E-state index >= 15 is 0 Å². The molecule has 0 aliphatic carbocycles. The summed E-state index contributed by atoms with van der Waals surface area (Å²) >= 11 is 0. The maximum absolute atomic E-state index is 9.90. The van der Waals surface area contributed by atoms with Gasteiger partial charge in [-0.3, -0.25) is 19.2 Å². The summed E-state index contributed by atoms with van der Waals surface area (Å²) in [5.41, 5.74) is 0. The Hall–Kier alpha value is -1.60. The predicted molar refractivity (Wildman–Crippen MR) is 58.2 cm³/mol. The normalized spacial score (nSPS) is 8.42. The van der Waals surface area contributed by atoms with Crippen molar-refractivity contribution in [1.82, 2.24) is 0 Å². The van der Waals surface area contributed by atoms with Gasteiger partial charge in [0.05, 0.1) is 12.8 Å². The first-order chi connectivity index (χ1) is 8.25. The summed E-state index contributed by atoms with van der Waals surface area (Å²) in [5, 5.41) is 32.1. The van der Waals surface area contributed by atoms with E-state index in [0.29, 0.717) is 12.8 Å². The SMILES string of the molecule is O=C(O)CCC(=O)O.O=C(O)CCCCC(=O)O.[Cu]. The van der Waals surface area contributed by atoms with Crippen molar-refractivity contribution < 1.29 is 56.7 Å². The molecule has 1 radical (unpaired) electrons. The minimum atomic E-state index is -1.08. The summed E-state index contributed by atoms with van der Waals surface area (Å²) < 4.78 is 0. The minimum absolute atomic E-state index is 0. The third kappa shape index (κ3) is 31.4. The number of hydrogen-bond donors (Lipinski definition) is 4. The Labute approximate surface area is 119 Å². The van der Waals surface area contributed by atoms with Crippen molar-refractivity contribution in [2.75, 3.05) is 0 Å². The van der Waals surface area contributed by atoms with Crippen LogP contribution in [0.3, 0.4) is 0 Å². The topological polar surface area (TPSA) is 149 Å². The fourth-order valence-electron chi connectivity index (χ4n) is 0.766. The molecule has 0 unspecified atom stereocenters. The fraction of sp³-hybridized carbons (Fsp3) is 0.600. The first-order valence-corrected chi connectivity index (χ1v) is 5.13. The summed E-state index contributed by atoms with van der Waals surface area (Å²) in [6, 6.07) is 0. The standard InChI is InChI=1S/C6H10O4.C4H6O4.Cu/c7-5(8)3-1-2-4-6(9)10;5-3(6)1-2-4(7)8;/h1-4H2,(H,7,8)(H,9,10);1-2H2,(H,5,6)(H,7,8);. The van der Waals surface area contributed by atoms with Crippen LogP contribution in [0.25, 0.3) is 0 Å². The van der Waals surface area contributed by atoms with Gasteiger partial charge in [-0.25, -0.2) is 0 Å². The third-order valence-corrected chi connectivity index (χ3v) is 1.58. The zero-order chi connectivity index (χ0) is 14.6. The van der Waals surface area contributed by atoms with Gasteiger partial charge in [-0.05, 0) is 12.8 Å². The summed E-state index contributed by atoms with van der Waals surface area (Å²) in [5.74, 6) is -3.89. The Morgan fingerprint density at radius 2 is 0.737 bits per heavy atom. The molecular formula is C10H16CuO8. The van der Waals surface area contributed by atoms with Gasteiger partial charge in [0, 0.05) is 29.9 Å². The van der Waals surface area contributed by atoms with Crippen LogP contribution in [0.4, 0.5) is 0 Å². The molecule has 0 heterocycles. The van der Waals surface area contributed by atoms with Crippen LogP contribution in [0.5, 0.6) is 0 Å². The van der Waals surface area contributed by atoms with Crippen molar-refractivity contribution in [3.05, 3.63) is 0 Å². The molecule has 0 spiro atoms. The number of rotatable bonds is 8. The number of aliphatic carboxylic acids is 4.